The molecule has 2 fully saturated rings. The number of pyridine rings is 1. The second-order valence-corrected chi connectivity index (χ2v) is 8.43. The minimum absolute atomic E-state index is 0.184. The van der Waals surface area contributed by atoms with Gasteiger partial charge in [0.25, 0.3) is 5.91 Å². The third-order valence-corrected chi connectivity index (χ3v) is 6.44. The maximum absolute atomic E-state index is 12.9. The molecule has 0 bridgehead atoms. The van der Waals surface area contributed by atoms with Crippen molar-refractivity contribution in [2.24, 2.45) is 5.92 Å². The number of amides is 2. The van der Waals surface area contributed by atoms with E-state index in [-0.39, 0.29) is 11.8 Å². The van der Waals surface area contributed by atoms with Crippen molar-refractivity contribution in [1.82, 2.24) is 25.1 Å². The van der Waals surface area contributed by atoms with Gasteiger partial charge in [-0.25, -0.2) is 0 Å². The Morgan fingerprint density at radius 1 is 1.24 bits per heavy atom. The molecule has 1 saturated heterocycles. The van der Waals surface area contributed by atoms with E-state index in [0.717, 1.165) is 30.3 Å². The van der Waals surface area contributed by atoms with Gasteiger partial charge < -0.3 is 15.2 Å². The molecule has 1 aliphatic heterocycles. The molecule has 156 valence electrons. The van der Waals surface area contributed by atoms with Crippen LogP contribution in [0.25, 0.3) is 10.9 Å². The van der Waals surface area contributed by atoms with E-state index in [2.05, 4.69) is 20.2 Å². The second-order valence-electron chi connectivity index (χ2n) is 8.43. The predicted molar refractivity (Wildman–Crippen MR) is 113 cm³/mol. The van der Waals surface area contributed by atoms with Crippen LogP contribution in [0.15, 0.2) is 24.5 Å². The zero-order valence-electron chi connectivity index (χ0n) is 17.2. The van der Waals surface area contributed by atoms with E-state index >= 15 is 0 Å². The maximum Gasteiger partial charge on any atom is 0.270 e. The number of piperidine rings is 1. The van der Waals surface area contributed by atoms with Crippen molar-refractivity contribution in [2.45, 2.75) is 44.6 Å². The summed E-state index contributed by atoms with van der Waals surface area (Å²) in [6.45, 7) is 2.42. The average molecular weight is 398 g/mol. The largest absolute Gasteiger partial charge is 0.361 e. The quantitative estimate of drug-likeness (QED) is 0.784. The summed E-state index contributed by atoms with van der Waals surface area (Å²) in [4.78, 5) is 36.8. The Kier molecular flexibility index (Phi) is 6.13. The number of nitrogens with zero attached hydrogens (tertiary/aromatic N) is 3. The van der Waals surface area contributed by atoms with Crippen molar-refractivity contribution in [3.8, 4) is 0 Å². The number of carbonyl (C=O) groups excluding carboxylic acids is 2. The van der Waals surface area contributed by atoms with Crippen LogP contribution in [0.5, 0.6) is 0 Å². The van der Waals surface area contributed by atoms with E-state index in [9.17, 15) is 9.59 Å². The van der Waals surface area contributed by atoms with Gasteiger partial charge in [-0.05, 0) is 50.8 Å². The SMILES string of the molecule is CN(CCNC(=O)c1nccc2[nH]ccc12)CC(=O)N1CCCC2CCCCC21. The Hall–Kier alpha value is -2.41. The molecule has 2 N–H and O–H groups in total. The predicted octanol–water partition coefficient (Wildman–Crippen LogP) is 2.41. The van der Waals surface area contributed by atoms with Crippen LogP contribution in [0.2, 0.25) is 0 Å². The van der Waals surface area contributed by atoms with Crippen LogP contribution in [0, 0.1) is 5.92 Å². The molecule has 2 aliphatic rings. The first-order chi connectivity index (χ1) is 14.1. The lowest BCUT2D eigenvalue weighted by Crippen LogP contribution is -2.52. The molecule has 3 heterocycles. The van der Waals surface area contributed by atoms with E-state index in [1.165, 1.54) is 25.7 Å². The van der Waals surface area contributed by atoms with E-state index in [0.29, 0.717) is 37.3 Å². The topological polar surface area (TPSA) is 81.3 Å². The van der Waals surface area contributed by atoms with Gasteiger partial charge in [0.2, 0.25) is 5.91 Å². The molecule has 7 heteroatoms. The summed E-state index contributed by atoms with van der Waals surface area (Å²) in [5, 5.41) is 3.75. The monoisotopic (exact) mass is 397 g/mol. The number of hydrogen-bond acceptors (Lipinski definition) is 4. The fourth-order valence-electron chi connectivity index (χ4n) is 4.94. The number of aromatic nitrogens is 2. The van der Waals surface area contributed by atoms with Crippen LogP contribution in [0.4, 0.5) is 0 Å². The summed E-state index contributed by atoms with van der Waals surface area (Å²) < 4.78 is 0. The lowest BCUT2D eigenvalue weighted by atomic mass is 9.78. The Bertz CT molecular complexity index is 862. The Morgan fingerprint density at radius 3 is 2.97 bits per heavy atom. The van der Waals surface area contributed by atoms with Crippen molar-refractivity contribution < 1.29 is 9.59 Å². The molecule has 4 rings (SSSR count). The van der Waals surface area contributed by atoms with Crippen molar-refractivity contribution >= 4 is 22.7 Å². The first-order valence-electron chi connectivity index (χ1n) is 10.8. The third-order valence-electron chi connectivity index (χ3n) is 6.44. The summed E-state index contributed by atoms with van der Waals surface area (Å²) in [5.74, 6) is 0.750. The van der Waals surface area contributed by atoms with Gasteiger partial charge in [0, 0.05) is 49.0 Å². The molecule has 2 aromatic heterocycles. The van der Waals surface area contributed by atoms with Gasteiger partial charge in [-0.15, -0.1) is 0 Å². The Morgan fingerprint density at radius 2 is 2.07 bits per heavy atom. The van der Waals surface area contributed by atoms with Gasteiger partial charge in [0.15, 0.2) is 0 Å². The molecule has 2 aromatic rings. The lowest BCUT2D eigenvalue weighted by molar-refractivity contribution is -0.138. The summed E-state index contributed by atoms with van der Waals surface area (Å²) in [5.41, 5.74) is 1.33. The number of rotatable bonds is 6. The Labute approximate surface area is 171 Å². The molecule has 7 nitrogen and oxygen atoms in total. The lowest BCUT2D eigenvalue weighted by Gasteiger charge is -2.44. The number of H-pyrrole nitrogens is 1. The van der Waals surface area contributed by atoms with Crippen LogP contribution in [-0.4, -0.2) is 70.9 Å². The summed E-state index contributed by atoms with van der Waals surface area (Å²) in [6.07, 6.45) is 10.8. The summed E-state index contributed by atoms with van der Waals surface area (Å²) in [6, 6.07) is 4.16. The van der Waals surface area contributed by atoms with Crippen molar-refractivity contribution in [3.63, 3.8) is 0 Å². The van der Waals surface area contributed by atoms with E-state index in [4.69, 9.17) is 0 Å². The highest BCUT2D eigenvalue weighted by Crippen LogP contribution is 2.35. The number of nitrogens with one attached hydrogen (secondary N) is 2. The van der Waals surface area contributed by atoms with E-state index < -0.39 is 0 Å². The number of likely N-dealkylation sites (N-methyl/N-ethyl adjacent to an activating group) is 1. The standard InChI is InChI=1S/C22H31N5O2/c1-26(15-20(28)27-13-4-6-16-5-2-3-7-19(16)27)14-12-25-22(29)21-17-8-10-23-18(17)9-11-24-21/h8-11,16,19,23H,2-7,12-15H2,1H3,(H,25,29). The highest BCUT2D eigenvalue weighted by Gasteiger charge is 2.35. The number of hydrogen-bond donors (Lipinski definition) is 2. The van der Waals surface area contributed by atoms with Gasteiger partial charge in [0.1, 0.15) is 5.69 Å². The second kappa shape index (κ2) is 8.95. The summed E-state index contributed by atoms with van der Waals surface area (Å²) >= 11 is 0. The van der Waals surface area contributed by atoms with Crippen molar-refractivity contribution in [1.29, 1.82) is 0 Å². The minimum atomic E-state index is -0.184. The van der Waals surface area contributed by atoms with Crippen LogP contribution in [0.3, 0.4) is 0 Å². The molecule has 0 radical (unpaired) electrons. The highest BCUT2D eigenvalue weighted by atomic mass is 16.2. The molecular weight excluding hydrogens is 366 g/mol. The number of carbonyl (C=O) groups is 2. The molecule has 0 aromatic carbocycles. The molecule has 2 atom stereocenters. The van der Waals surface area contributed by atoms with Crippen molar-refractivity contribution in [2.75, 3.05) is 33.2 Å². The maximum atomic E-state index is 12.9. The average Bonchev–Trinajstić information content (AvgIpc) is 3.22. The smallest absolute Gasteiger partial charge is 0.270 e. The molecule has 29 heavy (non-hydrogen) atoms. The molecular formula is C22H31N5O2. The first-order valence-corrected chi connectivity index (χ1v) is 10.8. The van der Waals surface area contributed by atoms with Gasteiger partial charge in [-0.2, -0.15) is 0 Å². The molecule has 2 unspecified atom stereocenters. The Balaban J connectivity index is 1.25. The summed E-state index contributed by atoms with van der Waals surface area (Å²) in [7, 11) is 1.94. The van der Waals surface area contributed by atoms with Crippen LogP contribution < -0.4 is 5.32 Å². The fourth-order valence-corrected chi connectivity index (χ4v) is 4.94. The van der Waals surface area contributed by atoms with Crippen LogP contribution in [-0.2, 0) is 4.79 Å². The first kappa shape index (κ1) is 19.9. The minimum Gasteiger partial charge on any atom is -0.361 e. The van der Waals surface area contributed by atoms with E-state index in [1.54, 1.807) is 12.4 Å². The molecule has 1 saturated carbocycles. The van der Waals surface area contributed by atoms with Crippen LogP contribution in [0.1, 0.15) is 49.0 Å². The highest BCUT2D eigenvalue weighted by molar-refractivity contribution is 6.04. The van der Waals surface area contributed by atoms with Crippen LogP contribution >= 0.6 is 0 Å². The van der Waals surface area contributed by atoms with Gasteiger partial charge in [-0.3, -0.25) is 19.5 Å². The number of fused-ring (bicyclic) bond motifs is 2. The fraction of sp³-hybridized carbons (Fsp3) is 0.591. The molecule has 0 spiro atoms. The number of aromatic amines is 1. The zero-order valence-corrected chi connectivity index (χ0v) is 17.2. The molecule has 1 aliphatic carbocycles. The van der Waals surface area contributed by atoms with Crippen molar-refractivity contribution in [3.05, 3.63) is 30.2 Å². The third kappa shape index (κ3) is 4.45. The van der Waals surface area contributed by atoms with E-state index in [1.807, 2.05) is 24.1 Å². The van der Waals surface area contributed by atoms with Gasteiger partial charge in [0.05, 0.1) is 6.54 Å². The zero-order chi connectivity index (χ0) is 20.2. The normalized spacial score (nSPS) is 21.9. The number of likely N-dealkylation sites (tertiary alicyclic amines) is 1. The van der Waals surface area contributed by atoms with Gasteiger partial charge >= 0.3 is 0 Å². The van der Waals surface area contributed by atoms with Gasteiger partial charge in [-0.1, -0.05) is 12.8 Å². The molecule has 2 amide bonds.